The third-order valence-corrected chi connectivity index (χ3v) is 2.62. The third kappa shape index (κ3) is 2.26. The molecule has 0 radical (unpaired) electrons. The quantitative estimate of drug-likeness (QED) is 0.596. The molecule has 82 valence electrons. The van der Waals surface area contributed by atoms with Gasteiger partial charge in [0.25, 0.3) is 0 Å². The van der Waals surface area contributed by atoms with Gasteiger partial charge in [0.05, 0.1) is 0 Å². The van der Waals surface area contributed by atoms with Gasteiger partial charge in [0.15, 0.2) is 0 Å². The molecular weight excluding hydrogens is 196 g/mol. The molecule has 1 N–H and O–H groups in total. The summed E-state index contributed by atoms with van der Waals surface area (Å²) in [4.78, 5) is 0. The first-order chi connectivity index (χ1) is 7.81. The van der Waals surface area contributed by atoms with Crippen molar-refractivity contribution in [1.82, 2.24) is 9.88 Å². The van der Waals surface area contributed by atoms with Gasteiger partial charge in [-0.3, -0.25) is 0 Å². The number of benzene rings is 1. The molecule has 1 aromatic carbocycles. The molecule has 0 saturated heterocycles. The van der Waals surface area contributed by atoms with E-state index in [4.69, 9.17) is 0 Å². The van der Waals surface area contributed by atoms with Crippen LogP contribution in [0.25, 0.3) is 10.9 Å². The van der Waals surface area contributed by atoms with E-state index in [-0.39, 0.29) is 0 Å². The Morgan fingerprint density at radius 2 is 2.19 bits per heavy atom. The third-order valence-electron chi connectivity index (χ3n) is 2.62. The molecule has 0 bridgehead atoms. The van der Waals surface area contributed by atoms with Crippen LogP contribution in [0.4, 0.5) is 0 Å². The fraction of sp³-hybridized carbons (Fsp3) is 0.286. The number of aromatic nitrogens is 1. The molecule has 0 aliphatic heterocycles. The molecule has 0 aliphatic carbocycles. The minimum Gasteiger partial charge on any atom is -0.351 e. The first kappa shape index (κ1) is 10.8. The number of fused-ring (bicyclic) bond motifs is 1. The second-order valence-corrected chi connectivity index (χ2v) is 3.86. The molecule has 0 amide bonds. The minimum absolute atomic E-state index is 0.892. The molecule has 0 atom stereocenters. The summed E-state index contributed by atoms with van der Waals surface area (Å²) in [6.45, 7) is 0.945. The van der Waals surface area contributed by atoms with E-state index >= 15 is 0 Å². The topological polar surface area (TPSA) is 17.0 Å². The van der Waals surface area contributed by atoms with Crippen molar-refractivity contribution in [3.63, 3.8) is 0 Å². The van der Waals surface area contributed by atoms with Crippen molar-refractivity contribution >= 4 is 10.9 Å². The first-order valence-corrected chi connectivity index (χ1v) is 5.50. The van der Waals surface area contributed by atoms with Crippen LogP contribution in [0.2, 0.25) is 0 Å². The van der Waals surface area contributed by atoms with E-state index in [1.807, 2.05) is 7.05 Å². The van der Waals surface area contributed by atoms with Crippen LogP contribution in [0.1, 0.15) is 12.0 Å². The SMILES string of the molecule is CNCCC#Cc1ccc2c(ccn2C)c1. The van der Waals surface area contributed by atoms with Gasteiger partial charge in [-0.25, -0.2) is 0 Å². The molecule has 2 heteroatoms. The van der Waals surface area contributed by atoms with Gasteiger partial charge < -0.3 is 9.88 Å². The van der Waals surface area contributed by atoms with Crippen LogP contribution in [0.15, 0.2) is 30.5 Å². The highest BCUT2D eigenvalue weighted by atomic mass is 14.9. The van der Waals surface area contributed by atoms with Crippen molar-refractivity contribution < 1.29 is 0 Å². The van der Waals surface area contributed by atoms with Crippen molar-refractivity contribution in [2.45, 2.75) is 6.42 Å². The highest BCUT2D eigenvalue weighted by Gasteiger charge is 1.97. The number of hydrogen-bond acceptors (Lipinski definition) is 1. The molecule has 0 fully saturated rings. The average molecular weight is 212 g/mol. The fourth-order valence-corrected chi connectivity index (χ4v) is 1.71. The number of aryl methyl sites for hydroxylation is 1. The average Bonchev–Trinajstić information content (AvgIpc) is 2.66. The Hall–Kier alpha value is -1.72. The Labute approximate surface area is 96.3 Å². The monoisotopic (exact) mass is 212 g/mol. The molecule has 1 aromatic heterocycles. The summed E-state index contributed by atoms with van der Waals surface area (Å²) in [5.41, 5.74) is 2.34. The van der Waals surface area contributed by atoms with Crippen molar-refractivity contribution in [2.75, 3.05) is 13.6 Å². The van der Waals surface area contributed by atoms with E-state index in [9.17, 15) is 0 Å². The van der Waals surface area contributed by atoms with Crippen molar-refractivity contribution in [3.8, 4) is 11.8 Å². The molecule has 2 nitrogen and oxygen atoms in total. The van der Waals surface area contributed by atoms with Gasteiger partial charge in [0.1, 0.15) is 0 Å². The second-order valence-electron chi connectivity index (χ2n) is 3.86. The first-order valence-electron chi connectivity index (χ1n) is 5.50. The predicted molar refractivity (Wildman–Crippen MR) is 68.3 cm³/mol. The van der Waals surface area contributed by atoms with Crippen LogP contribution in [-0.4, -0.2) is 18.2 Å². The van der Waals surface area contributed by atoms with Gasteiger partial charge >= 0.3 is 0 Å². The van der Waals surface area contributed by atoms with Crippen LogP contribution in [-0.2, 0) is 7.05 Å². The highest BCUT2D eigenvalue weighted by Crippen LogP contribution is 2.15. The lowest BCUT2D eigenvalue weighted by atomic mass is 10.1. The van der Waals surface area contributed by atoms with Crippen LogP contribution in [0.3, 0.4) is 0 Å². The summed E-state index contributed by atoms with van der Waals surface area (Å²) in [7, 11) is 4.00. The van der Waals surface area contributed by atoms with Crippen LogP contribution in [0.5, 0.6) is 0 Å². The predicted octanol–water partition coefficient (Wildman–Crippen LogP) is 2.14. The molecular formula is C14H16N2. The zero-order valence-electron chi connectivity index (χ0n) is 9.75. The maximum absolute atomic E-state index is 3.18. The molecule has 2 aromatic rings. The Kier molecular flexibility index (Phi) is 3.28. The van der Waals surface area contributed by atoms with Gasteiger partial charge in [-0.05, 0) is 31.3 Å². The van der Waals surface area contributed by atoms with E-state index in [1.54, 1.807) is 0 Å². The summed E-state index contributed by atoms with van der Waals surface area (Å²) >= 11 is 0. The summed E-state index contributed by atoms with van der Waals surface area (Å²) in [5, 5.41) is 4.33. The van der Waals surface area contributed by atoms with E-state index in [0.29, 0.717) is 0 Å². The Morgan fingerprint density at radius 1 is 1.31 bits per heavy atom. The number of nitrogens with zero attached hydrogens (tertiary/aromatic N) is 1. The second kappa shape index (κ2) is 4.87. The normalized spacial score (nSPS) is 10.1. The fourth-order valence-electron chi connectivity index (χ4n) is 1.71. The minimum atomic E-state index is 0.892. The van der Waals surface area contributed by atoms with Crippen LogP contribution >= 0.6 is 0 Å². The molecule has 0 unspecified atom stereocenters. The number of nitrogens with one attached hydrogen (secondary N) is 1. The molecule has 0 saturated carbocycles. The summed E-state index contributed by atoms with van der Waals surface area (Å²) in [6, 6.07) is 8.46. The van der Waals surface area contributed by atoms with E-state index in [2.05, 4.69) is 59.2 Å². The summed E-state index contributed by atoms with van der Waals surface area (Å²) < 4.78 is 2.12. The summed E-state index contributed by atoms with van der Waals surface area (Å²) in [6.07, 6.45) is 2.96. The van der Waals surface area contributed by atoms with E-state index in [0.717, 1.165) is 18.5 Å². The van der Waals surface area contributed by atoms with Crippen LogP contribution in [0, 0.1) is 11.8 Å². The van der Waals surface area contributed by atoms with Crippen LogP contribution < -0.4 is 5.32 Å². The molecule has 1 heterocycles. The largest absolute Gasteiger partial charge is 0.351 e. The Bertz CT molecular complexity index is 541. The van der Waals surface area contributed by atoms with Crippen molar-refractivity contribution in [3.05, 3.63) is 36.0 Å². The molecule has 16 heavy (non-hydrogen) atoms. The lowest BCUT2D eigenvalue weighted by molar-refractivity contribution is 0.818. The van der Waals surface area contributed by atoms with E-state index in [1.165, 1.54) is 10.9 Å². The van der Waals surface area contributed by atoms with E-state index < -0.39 is 0 Å². The standard InChI is InChI=1S/C14H16N2/c1-15-9-4-3-5-12-6-7-14-13(11-12)8-10-16(14)2/h6-8,10-11,15H,4,9H2,1-2H3. The van der Waals surface area contributed by atoms with Gasteiger partial charge in [0.2, 0.25) is 0 Å². The Morgan fingerprint density at radius 3 is 3.00 bits per heavy atom. The smallest absolute Gasteiger partial charge is 0.0478 e. The lowest BCUT2D eigenvalue weighted by Crippen LogP contribution is -2.05. The Balaban J connectivity index is 2.21. The van der Waals surface area contributed by atoms with Gasteiger partial charge in [-0.2, -0.15) is 0 Å². The molecule has 0 aliphatic rings. The lowest BCUT2D eigenvalue weighted by Gasteiger charge is -1.96. The highest BCUT2D eigenvalue weighted by molar-refractivity contribution is 5.81. The van der Waals surface area contributed by atoms with Gasteiger partial charge in [0, 0.05) is 42.7 Å². The maximum atomic E-state index is 3.18. The molecule has 2 rings (SSSR count). The van der Waals surface area contributed by atoms with Crippen molar-refractivity contribution in [1.29, 1.82) is 0 Å². The maximum Gasteiger partial charge on any atom is 0.0478 e. The van der Waals surface area contributed by atoms with Crippen molar-refractivity contribution in [2.24, 2.45) is 7.05 Å². The van der Waals surface area contributed by atoms with Gasteiger partial charge in [-0.15, -0.1) is 0 Å². The number of hydrogen-bond donors (Lipinski definition) is 1. The zero-order chi connectivity index (χ0) is 11.4. The van der Waals surface area contributed by atoms with Gasteiger partial charge in [-0.1, -0.05) is 11.8 Å². The summed E-state index contributed by atoms with van der Waals surface area (Å²) in [5.74, 6) is 6.34. The number of rotatable bonds is 2. The molecule has 0 spiro atoms. The zero-order valence-corrected chi connectivity index (χ0v) is 9.75.